The van der Waals surface area contributed by atoms with Crippen LogP contribution in [0.3, 0.4) is 0 Å². The van der Waals surface area contributed by atoms with Gasteiger partial charge in [-0.15, -0.1) is 0 Å². The molecule has 0 spiro atoms. The van der Waals surface area contributed by atoms with Crippen molar-refractivity contribution in [3.63, 3.8) is 0 Å². The Balaban J connectivity index is 1.80. The van der Waals surface area contributed by atoms with Crippen molar-refractivity contribution in [2.75, 3.05) is 20.2 Å². The normalized spacial score (nSPS) is 18.6. The Morgan fingerprint density at radius 1 is 1.37 bits per heavy atom. The molecule has 0 bridgehead atoms. The second kappa shape index (κ2) is 7.07. The van der Waals surface area contributed by atoms with E-state index >= 15 is 0 Å². The van der Waals surface area contributed by atoms with Crippen LogP contribution in [0.1, 0.15) is 29.8 Å². The van der Waals surface area contributed by atoms with Crippen molar-refractivity contribution >= 4 is 17.5 Å². The van der Waals surface area contributed by atoms with E-state index in [1.165, 1.54) is 6.20 Å². The molecule has 5 nitrogen and oxygen atoms in total. The quantitative estimate of drug-likeness (QED) is 0.721. The third kappa shape index (κ3) is 3.90. The van der Waals surface area contributed by atoms with Gasteiger partial charge in [-0.25, -0.2) is 4.98 Å². The highest BCUT2D eigenvalue weighted by Crippen LogP contribution is 2.32. The fraction of sp³-hybridized carbons (Fsp3) is 0.444. The van der Waals surface area contributed by atoms with Crippen molar-refractivity contribution in [2.45, 2.75) is 32.6 Å². The standard InChI is InChI=1S/C18H19ClF3N3O2/c1-10-6-12(7-24(3)17(10)27-9-18(20,21)22)11(2)25-8-14-13(16(25)26)4-5-23-15(14)19/h4-6,11H,7-9H2,1-3H3. The van der Waals surface area contributed by atoms with Gasteiger partial charge >= 0.3 is 6.18 Å². The van der Waals surface area contributed by atoms with Crippen molar-refractivity contribution in [1.82, 2.24) is 14.8 Å². The van der Waals surface area contributed by atoms with Crippen molar-refractivity contribution < 1.29 is 22.7 Å². The number of pyridine rings is 1. The zero-order chi connectivity index (χ0) is 19.9. The van der Waals surface area contributed by atoms with Gasteiger partial charge in [-0.3, -0.25) is 4.79 Å². The van der Waals surface area contributed by atoms with E-state index in [4.69, 9.17) is 16.3 Å². The summed E-state index contributed by atoms with van der Waals surface area (Å²) in [6, 6.07) is 1.40. The number of amides is 1. The van der Waals surface area contributed by atoms with Gasteiger partial charge in [-0.2, -0.15) is 13.2 Å². The summed E-state index contributed by atoms with van der Waals surface area (Å²) in [5.74, 6) is 0.0534. The summed E-state index contributed by atoms with van der Waals surface area (Å²) in [6.07, 6.45) is -1.11. The lowest BCUT2D eigenvalue weighted by Gasteiger charge is -2.34. The average Bonchev–Trinajstić information content (AvgIpc) is 2.91. The molecule has 146 valence electrons. The lowest BCUT2D eigenvalue weighted by atomic mass is 10.0. The van der Waals surface area contributed by atoms with Crippen molar-refractivity contribution in [2.24, 2.45) is 0 Å². The third-order valence-corrected chi connectivity index (χ3v) is 5.03. The summed E-state index contributed by atoms with van der Waals surface area (Å²) in [6.45, 7) is 2.95. The highest BCUT2D eigenvalue weighted by atomic mass is 35.5. The van der Waals surface area contributed by atoms with Crippen LogP contribution in [0.25, 0.3) is 0 Å². The second-order valence-electron chi connectivity index (χ2n) is 6.70. The lowest BCUT2D eigenvalue weighted by molar-refractivity contribution is -0.169. The van der Waals surface area contributed by atoms with Crippen LogP contribution in [0.4, 0.5) is 13.2 Å². The van der Waals surface area contributed by atoms with Crippen LogP contribution in [0.15, 0.2) is 35.4 Å². The molecule has 2 aliphatic rings. The largest absolute Gasteiger partial charge is 0.469 e. The van der Waals surface area contributed by atoms with Gasteiger partial charge in [0.25, 0.3) is 5.91 Å². The van der Waals surface area contributed by atoms with E-state index in [0.717, 1.165) is 5.57 Å². The van der Waals surface area contributed by atoms with Gasteiger partial charge in [-0.1, -0.05) is 17.7 Å². The van der Waals surface area contributed by atoms with Crippen LogP contribution in [0, 0.1) is 0 Å². The number of hydrogen-bond acceptors (Lipinski definition) is 4. The highest BCUT2D eigenvalue weighted by molar-refractivity contribution is 6.30. The first-order valence-corrected chi connectivity index (χ1v) is 8.72. The third-order valence-electron chi connectivity index (χ3n) is 4.71. The molecule has 0 saturated heterocycles. The number of alkyl halides is 3. The van der Waals surface area contributed by atoms with E-state index in [2.05, 4.69) is 4.98 Å². The molecule has 1 amide bonds. The second-order valence-corrected chi connectivity index (χ2v) is 7.06. The first-order chi connectivity index (χ1) is 12.6. The molecule has 0 fully saturated rings. The predicted octanol–water partition coefficient (Wildman–Crippen LogP) is 3.76. The number of carbonyl (C=O) groups is 1. The van der Waals surface area contributed by atoms with Crippen LogP contribution in [0.2, 0.25) is 5.15 Å². The molecule has 0 radical (unpaired) electrons. The molecule has 3 heterocycles. The molecule has 0 saturated carbocycles. The first kappa shape index (κ1) is 19.5. The minimum absolute atomic E-state index is 0.133. The fourth-order valence-electron chi connectivity index (χ4n) is 3.39. The number of allylic oxidation sites excluding steroid dienone is 2. The van der Waals surface area contributed by atoms with E-state index in [0.29, 0.717) is 34.9 Å². The van der Waals surface area contributed by atoms with Crippen LogP contribution < -0.4 is 0 Å². The number of halogens is 4. The predicted molar refractivity (Wildman–Crippen MR) is 94.0 cm³/mol. The van der Waals surface area contributed by atoms with Gasteiger partial charge < -0.3 is 14.5 Å². The number of hydrogen-bond donors (Lipinski definition) is 0. The molecule has 1 aromatic rings. The summed E-state index contributed by atoms with van der Waals surface area (Å²) in [4.78, 5) is 20.0. The van der Waals surface area contributed by atoms with E-state index in [1.54, 1.807) is 35.9 Å². The van der Waals surface area contributed by atoms with Crippen LogP contribution in [-0.4, -0.2) is 53.1 Å². The molecule has 0 aliphatic carbocycles. The van der Waals surface area contributed by atoms with E-state index in [-0.39, 0.29) is 17.8 Å². The number of ether oxygens (including phenoxy) is 1. The summed E-state index contributed by atoms with van der Waals surface area (Å²) in [5, 5.41) is 0.309. The topological polar surface area (TPSA) is 45.7 Å². The molecule has 2 aliphatic heterocycles. The highest BCUT2D eigenvalue weighted by Gasteiger charge is 2.35. The number of fused-ring (bicyclic) bond motifs is 1. The SMILES string of the molecule is CC1=C(OCC(F)(F)F)N(C)CC(C(C)N2Cc3c(ccnc3Cl)C2=O)=C1. The first-order valence-electron chi connectivity index (χ1n) is 8.35. The molecular formula is C18H19ClF3N3O2. The van der Waals surface area contributed by atoms with E-state index in [1.807, 2.05) is 6.92 Å². The Hall–Kier alpha value is -2.22. The molecule has 0 N–H and O–H groups in total. The average molecular weight is 402 g/mol. The maximum atomic E-state index is 12.7. The zero-order valence-corrected chi connectivity index (χ0v) is 15.9. The van der Waals surface area contributed by atoms with Crippen LogP contribution in [0.5, 0.6) is 0 Å². The summed E-state index contributed by atoms with van der Waals surface area (Å²) >= 11 is 6.10. The van der Waals surface area contributed by atoms with Gasteiger partial charge in [0.2, 0.25) is 0 Å². The Labute approximate surface area is 160 Å². The molecule has 1 aromatic heterocycles. The lowest BCUT2D eigenvalue weighted by Crippen LogP contribution is -2.39. The molecule has 3 rings (SSSR count). The summed E-state index contributed by atoms with van der Waals surface area (Å²) in [7, 11) is 1.66. The number of rotatable bonds is 4. The van der Waals surface area contributed by atoms with Gasteiger partial charge in [0, 0.05) is 36.5 Å². The Kier molecular flexibility index (Phi) is 5.12. The van der Waals surface area contributed by atoms with E-state index in [9.17, 15) is 18.0 Å². The minimum atomic E-state index is -4.40. The number of likely N-dealkylation sites (N-methyl/N-ethyl adjacent to an activating group) is 1. The number of nitrogens with zero attached hydrogens (tertiary/aromatic N) is 3. The molecule has 27 heavy (non-hydrogen) atoms. The van der Waals surface area contributed by atoms with Crippen LogP contribution in [-0.2, 0) is 11.3 Å². The molecule has 1 unspecified atom stereocenters. The van der Waals surface area contributed by atoms with Crippen molar-refractivity contribution in [3.05, 3.63) is 51.6 Å². The zero-order valence-electron chi connectivity index (χ0n) is 15.1. The van der Waals surface area contributed by atoms with Crippen LogP contribution >= 0.6 is 11.6 Å². The molecule has 9 heteroatoms. The van der Waals surface area contributed by atoms with E-state index < -0.39 is 12.8 Å². The molecule has 1 atom stereocenters. The van der Waals surface area contributed by atoms with Gasteiger partial charge in [0.1, 0.15) is 5.15 Å². The smallest absolute Gasteiger partial charge is 0.422 e. The van der Waals surface area contributed by atoms with Gasteiger partial charge in [0.05, 0.1) is 12.6 Å². The molecular weight excluding hydrogens is 383 g/mol. The fourth-order valence-corrected chi connectivity index (χ4v) is 3.60. The molecule has 0 aromatic carbocycles. The summed E-state index contributed by atoms with van der Waals surface area (Å²) in [5.41, 5.74) is 2.72. The summed E-state index contributed by atoms with van der Waals surface area (Å²) < 4.78 is 42.3. The maximum absolute atomic E-state index is 12.7. The Morgan fingerprint density at radius 2 is 2.07 bits per heavy atom. The van der Waals surface area contributed by atoms with Gasteiger partial charge in [0.15, 0.2) is 12.5 Å². The number of carbonyl (C=O) groups excluding carboxylic acids is 1. The Morgan fingerprint density at radius 3 is 2.67 bits per heavy atom. The van der Waals surface area contributed by atoms with Crippen molar-refractivity contribution in [1.29, 1.82) is 0 Å². The monoisotopic (exact) mass is 401 g/mol. The van der Waals surface area contributed by atoms with Gasteiger partial charge in [-0.05, 0) is 25.5 Å². The number of aromatic nitrogens is 1. The Bertz CT molecular complexity index is 836. The van der Waals surface area contributed by atoms with Crippen molar-refractivity contribution in [3.8, 4) is 0 Å². The minimum Gasteiger partial charge on any atom is -0.469 e. The maximum Gasteiger partial charge on any atom is 0.422 e.